The monoisotopic (exact) mass is 344 g/mol. The van der Waals surface area contributed by atoms with Crippen LogP contribution in [0.1, 0.15) is 25.3 Å². The van der Waals surface area contributed by atoms with E-state index >= 15 is 0 Å². The molecule has 4 nitrogen and oxygen atoms in total. The van der Waals surface area contributed by atoms with Gasteiger partial charge in [0.05, 0.1) is 6.61 Å². The van der Waals surface area contributed by atoms with Crippen LogP contribution < -0.4 is 5.32 Å². The normalized spacial score (nSPS) is 16.2. The van der Waals surface area contributed by atoms with Gasteiger partial charge in [-0.2, -0.15) is 11.8 Å². The highest BCUT2D eigenvalue weighted by atomic mass is 32.2. The molecule has 2 amide bonds. The lowest BCUT2D eigenvalue weighted by atomic mass is 10.1. The quantitative estimate of drug-likeness (QED) is 0.859. The highest BCUT2D eigenvalue weighted by Gasteiger charge is 2.27. The van der Waals surface area contributed by atoms with Crippen LogP contribution in [0.25, 0.3) is 0 Å². The van der Waals surface area contributed by atoms with E-state index in [1.807, 2.05) is 11.8 Å². The molecule has 0 saturated carbocycles. The van der Waals surface area contributed by atoms with Gasteiger partial charge in [-0.3, -0.25) is 0 Å². The minimum Gasteiger partial charge on any atom is -0.395 e. The summed E-state index contributed by atoms with van der Waals surface area (Å²) in [6.07, 6.45) is 1.76. The second-order valence-electron chi connectivity index (χ2n) is 5.66. The maximum atomic E-state index is 13.4. The van der Waals surface area contributed by atoms with E-state index in [0.29, 0.717) is 5.69 Å². The number of nitrogens with zero attached hydrogens (tertiary/aromatic N) is 1. The summed E-state index contributed by atoms with van der Waals surface area (Å²) in [4.78, 5) is 14.1. The summed E-state index contributed by atoms with van der Waals surface area (Å²) < 4.78 is 26.8. The average molecular weight is 344 g/mol. The van der Waals surface area contributed by atoms with Crippen molar-refractivity contribution in [2.45, 2.75) is 31.7 Å². The first-order chi connectivity index (χ1) is 10.9. The number of alkyl halides is 2. The molecule has 1 aliphatic heterocycles. The number of aliphatic hydroxyl groups excluding tert-OH is 1. The van der Waals surface area contributed by atoms with E-state index in [1.54, 1.807) is 11.0 Å². The minimum atomic E-state index is -2.95. The lowest BCUT2D eigenvalue weighted by molar-refractivity contribution is 0.0175. The Balaban J connectivity index is 2.08. The summed E-state index contributed by atoms with van der Waals surface area (Å²) in [6, 6.07) is 5.43. The van der Waals surface area contributed by atoms with Gasteiger partial charge in [-0.25, -0.2) is 13.6 Å². The van der Waals surface area contributed by atoms with Crippen LogP contribution in [-0.4, -0.2) is 46.7 Å². The summed E-state index contributed by atoms with van der Waals surface area (Å²) in [5.41, 5.74) is 0.195. The molecule has 0 unspecified atom stereocenters. The number of nitrogens with one attached hydrogen (secondary N) is 1. The molecule has 0 bridgehead atoms. The van der Waals surface area contributed by atoms with E-state index in [4.69, 9.17) is 0 Å². The van der Waals surface area contributed by atoms with Gasteiger partial charge in [-0.05, 0) is 36.5 Å². The smallest absolute Gasteiger partial charge is 0.322 e. The molecule has 0 radical (unpaired) electrons. The maximum absolute atomic E-state index is 13.4. The molecule has 0 aromatic heterocycles. The van der Waals surface area contributed by atoms with E-state index in [2.05, 4.69) is 5.32 Å². The fourth-order valence-electron chi connectivity index (χ4n) is 2.62. The number of amides is 2. The van der Waals surface area contributed by atoms with Crippen molar-refractivity contribution < 1.29 is 18.7 Å². The molecule has 1 aliphatic rings. The number of urea groups is 1. The Morgan fingerprint density at radius 2 is 2.13 bits per heavy atom. The largest absolute Gasteiger partial charge is 0.395 e. The van der Waals surface area contributed by atoms with Crippen LogP contribution in [0.3, 0.4) is 0 Å². The molecule has 0 aliphatic carbocycles. The number of hydrogen-bond donors (Lipinski definition) is 2. The second-order valence-corrected chi connectivity index (χ2v) is 6.88. The van der Waals surface area contributed by atoms with Gasteiger partial charge in [-0.1, -0.05) is 12.1 Å². The highest BCUT2D eigenvalue weighted by Crippen LogP contribution is 2.29. The van der Waals surface area contributed by atoms with Gasteiger partial charge >= 0.3 is 6.03 Å². The van der Waals surface area contributed by atoms with Crippen LogP contribution in [0.2, 0.25) is 0 Å². The van der Waals surface area contributed by atoms with Crippen molar-refractivity contribution in [3.8, 4) is 0 Å². The van der Waals surface area contributed by atoms with E-state index in [9.17, 15) is 18.7 Å². The molecule has 7 heteroatoms. The first kappa shape index (κ1) is 18.0. The van der Waals surface area contributed by atoms with Gasteiger partial charge in [0.15, 0.2) is 0 Å². The van der Waals surface area contributed by atoms with E-state index in [-0.39, 0.29) is 30.8 Å². The van der Waals surface area contributed by atoms with Crippen LogP contribution in [-0.2, 0) is 5.92 Å². The predicted molar refractivity (Wildman–Crippen MR) is 89.2 cm³/mol. The molecule has 2 rings (SSSR count). The number of anilines is 1. The Labute approximate surface area is 139 Å². The van der Waals surface area contributed by atoms with E-state index in [0.717, 1.165) is 31.3 Å². The Morgan fingerprint density at radius 1 is 1.43 bits per heavy atom. The topological polar surface area (TPSA) is 52.6 Å². The molecule has 128 valence electrons. The molecule has 1 aromatic rings. The van der Waals surface area contributed by atoms with Crippen molar-refractivity contribution >= 4 is 23.5 Å². The van der Waals surface area contributed by atoms with Crippen molar-refractivity contribution in [2.75, 3.05) is 30.0 Å². The summed E-state index contributed by atoms with van der Waals surface area (Å²) in [6.45, 7) is 0.945. The maximum Gasteiger partial charge on any atom is 0.322 e. The summed E-state index contributed by atoms with van der Waals surface area (Å²) in [5.74, 6) is -0.985. The Bertz CT molecular complexity index is 531. The van der Waals surface area contributed by atoms with Gasteiger partial charge in [0.2, 0.25) is 0 Å². The number of hydrogen-bond acceptors (Lipinski definition) is 3. The lowest BCUT2D eigenvalue weighted by Crippen LogP contribution is -2.46. The van der Waals surface area contributed by atoms with Crippen LogP contribution in [0, 0.1) is 0 Å². The van der Waals surface area contributed by atoms with E-state index in [1.165, 1.54) is 18.2 Å². The fraction of sp³-hybridized carbons (Fsp3) is 0.562. The Kier molecular flexibility index (Phi) is 6.24. The molecular weight excluding hydrogens is 322 g/mol. The first-order valence-electron chi connectivity index (χ1n) is 7.66. The summed E-state index contributed by atoms with van der Waals surface area (Å²) in [5, 5.41) is 11.9. The molecule has 1 fully saturated rings. The zero-order valence-electron chi connectivity index (χ0n) is 13.1. The number of halogens is 2. The zero-order chi connectivity index (χ0) is 16.9. The SMILES string of the molecule is CC(F)(F)c1cccc(NC(=O)N(CCO)C2CCSCC2)c1. The summed E-state index contributed by atoms with van der Waals surface area (Å²) >= 11 is 1.85. The molecule has 23 heavy (non-hydrogen) atoms. The Hall–Kier alpha value is -1.34. The highest BCUT2D eigenvalue weighted by molar-refractivity contribution is 7.99. The summed E-state index contributed by atoms with van der Waals surface area (Å²) in [7, 11) is 0. The van der Waals surface area contributed by atoms with Crippen molar-refractivity contribution in [3.05, 3.63) is 29.8 Å². The number of thioether (sulfide) groups is 1. The second kappa shape index (κ2) is 7.97. The average Bonchev–Trinajstić information content (AvgIpc) is 2.53. The standard InChI is InChI=1S/C16H22F2N2O2S/c1-16(17,18)12-3-2-4-13(11-12)19-15(22)20(7-8-21)14-5-9-23-10-6-14/h2-4,11,14,21H,5-10H2,1H3,(H,19,22). The van der Waals surface area contributed by atoms with Gasteiger partial charge in [0.1, 0.15) is 0 Å². The molecule has 0 spiro atoms. The van der Waals surface area contributed by atoms with Crippen LogP contribution in [0.15, 0.2) is 24.3 Å². The van der Waals surface area contributed by atoms with Gasteiger partial charge < -0.3 is 15.3 Å². The number of benzene rings is 1. The molecule has 1 heterocycles. The number of rotatable bonds is 5. The van der Waals surface area contributed by atoms with Crippen LogP contribution in [0.5, 0.6) is 0 Å². The number of aliphatic hydroxyl groups is 1. The number of carbonyl (C=O) groups is 1. The van der Waals surface area contributed by atoms with Crippen LogP contribution >= 0.6 is 11.8 Å². The van der Waals surface area contributed by atoms with Crippen molar-refractivity contribution in [3.63, 3.8) is 0 Å². The van der Waals surface area contributed by atoms with Gasteiger partial charge in [-0.15, -0.1) is 0 Å². The van der Waals surface area contributed by atoms with E-state index < -0.39 is 5.92 Å². The Morgan fingerprint density at radius 3 is 2.74 bits per heavy atom. The minimum absolute atomic E-state index is 0.0826. The number of carbonyl (C=O) groups excluding carboxylic acids is 1. The van der Waals surface area contributed by atoms with Crippen molar-refractivity contribution in [1.82, 2.24) is 4.90 Å². The van der Waals surface area contributed by atoms with Crippen molar-refractivity contribution in [1.29, 1.82) is 0 Å². The first-order valence-corrected chi connectivity index (χ1v) is 8.82. The molecule has 2 N–H and O–H groups in total. The van der Waals surface area contributed by atoms with Crippen molar-refractivity contribution in [2.24, 2.45) is 0 Å². The third-order valence-corrected chi connectivity index (χ3v) is 4.90. The van der Waals surface area contributed by atoms with Gasteiger partial charge in [0, 0.05) is 30.8 Å². The van der Waals surface area contributed by atoms with Crippen LogP contribution in [0.4, 0.5) is 19.3 Å². The zero-order valence-corrected chi connectivity index (χ0v) is 13.9. The lowest BCUT2D eigenvalue weighted by Gasteiger charge is -2.33. The van der Waals surface area contributed by atoms with Gasteiger partial charge in [0.25, 0.3) is 5.92 Å². The molecule has 1 saturated heterocycles. The third kappa shape index (κ3) is 5.07. The molecule has 0 atom stereocenters. The third-order valence-electron chi connectivity index (χ3n) is 3.85. The molecule has 1 aromatic carbocycles. The molecular formula is C16H22F2N2O2S. The predicted octanol–water partition coefficient (Wildman–Crippen LogP) is 3.52. The fourth-order valence-corrected chi connectivity index (χ4v) is 3.70.